The lowest BCUT2D eigenvalue weighted by atomic mass is 10.4. The number of hydrogen-bond donors (Lipinski definition) is 2. The van der Waals surface area contributed by atoms with Gasteiger partial charge in [-0.25, -0.2) is 4.68 Å². The van der Waals surface area contributed by atoms with Crippen molar-refractivity contribution in [1.82, 2.24) is 25.5 Å². The van der Waals surface area contributed by atoms with Gasteiger partial charge < -0.3 is 15.2 Å². The largest absolute Gasteiger partial charge is 0.389 e. The molecule has 0 spiro atoms. The van der Waals surface area contributed by atoms with Crippen molar-refractivity contribution in [3.8, 4) is 0 Å². The Labute approximate surface area is 114 Å². The number of aliphatic hydroxyl groups excluding tert-OH is 1. The maximum absolute atomic E-state index is 11.6. The molecule has 0 aliphatic heterocycles. The van der Waals surface area contributed by atoms with Gasteiger partial charge in [-0.2, -0.15) is 0 Å². The molecule has 0 aromatic carbocycles. The number of ether oxygens (including phenoxy) is 1. The van der Waals surface area contributed by atoms with Crippen LogP contribution in [0.3, 0.4) is 0 Å². The molecule has 1 aromatic heterocycles. The van der Waals surface area contributed by atoms with Gasteiger partial charge in [-0.3, -0.25) is 4.79 Å². The van der Waals surface area contributed by atoms with Gasteiger partial charge in [-0.15, -0.1) is 5.10 Å². The van der Waals surface area contributed by atoms with Gasteiger partial charge in [0.2, 0.25) is 11.1 Å². The lowest BCUT2D eigenvalue weighted by Gasteiger charge is -2.10. The zero-order valence-electron chi connectivity index (χ0n) is 10.7. The van der Waals surface area contributed by atoms with E-state index in [1.807, 2.05) is 0 Å². The highest BCUT2D eigenvalue weighted by atomic mass is 32.2. The van der Waals surface area contributed by atoms with Gasteiger partial charge in [0.05, 0.1) is 24.5 Å². The lowest BCUT2D eigenvalue weighted by Crippen LogP contribution is -2.35. The van der Waals surface area contributed by atoms with Gasteiger partial charge in [-0.1, -0.05) is 11.8 Å². The molecule has 1 unspecified atom stereocenters. The van der Waals surface area contributed by atoms with Crippen LogP contribution in [0, 0.1) is 0 Å². The average molecular weight is 287 g/mol. The summed E-state index contributed by atoms with van der Waals surface area (Å²) >= 11 is 1.30. The first kappa shape index (κ1) is 14.2. The Morgan fingerprint density at radius 3 is 3.16 bits per heavy atom. The number of thioether (sulfide) groups is 1. The third-order valence-corrected chi connectivity index (χ3v) is 3.52. The third-order valence-electron chi connectivity index (χ3n) is 2.58. The van der Waals surface area contributed by atoms with Crippen LogP contribution in [0.1, 0.15) is 18.9 Å². The SMILES string of the molecule is COCC(O)CNC(=O)CSc1nnnn1C1CC1. The fourth-order valence-corrected chi connectivity index (χ4v) is 2.27. The molecule has 8 nitrogen and oxygen atoms in total. The summed E-state index contributed by atoms with van der Waals surface area (Å²) in [6.45, 7) is 0.383. The summed E-state index contributed by atoms with van der Waals surface area (Å²) in [5.41, 5.74) is 0. The van der Waals surface area contributed by atoms with Gasteiger partial charge in [0.1, 0.15) is 0 Å². The Hall–Kier alpha value is -1.19. The second kappa shape index (κ2) is 6.83. The summed E-state index contributed by atoms with van der Waals surface area (Å²) in [7, 11) is 1.50. The minimum Gasteiger partial charge on any atom is -0.389 e. The van der Waals surface area contributed by atoms with Crippen LogP contribution in [0.2, 0.25) is 0 Å². The van der Waals surface area contributed by atoms with E-state index in [0.29, 0.717) is 11.2 Å². The second-order valence-corrected chi connectivity index (χ2v) is 5.28. The summed E-state index contributed by atoms with van der Waals surface area (Å²) in [6.07, 6.45) is 1.50. The predicted octanol–water partition coefficient (Wildman–Crippen LogP) is -0.776. The second-order valence-electron chi connectivity index (χ2n) is 4.34. The molecule has 0 bridgehead atoms. The van der Waals surface area contributed by atoms with E-state index in [1.54, 1.807) is 4.68 Å². The van der Waals surface area contributed by atoms with Gasteiger partial charge in [0, 0.05) is 13.7 Å². The van der Waals surface area contributed by atoms with Crippen molar-refractivity contribution in [2.45, 2.75) is 30.1 Å². The van der Waals surface area contributed by atoms with Crippen LogP contribution < -0.4 is 5.32 Å². The molecule has 0 saturated heterocycles. The molecule has 1 aliphatic rings. The molecule has 2 N–H and O–H groups in total. The molecule has 9 heteroatoms. The molecule has 106 valence electrons. The van der Waals surface area contributed by atoms with Crippen molar-refractivity contribution < 1.29 is 14.6 Å². The Morgan fingerprint density at radius 2 is 2.47 bits per heavy atom. The first-order valence-corrected chi connectivity index (χ1v) is 7.03. The predicted molar refractivity (Wildman–Crippen MR) is 67.7 cm³/mol. The maximum atomic E-state index is 11.6. The molecule has 1 aromatic rings. The van der Waals surface area contributed by atoms with Crippen molar-refractivity contribution in [2.75, 3.05) is 26.0 Å². The molecule has 1 fully saturated rings. The standard InChI is InChI=1S/C10H17N5O3S/c1-18-5-8(16)4-11-9(17)6-19-10-12-13-14-15(10)7-2-3-7/h7-8,16H,2-6H2,1H3,(H,11,17). The van der Waals surface area contributed by atoms with Crippen molar-refractivity contribution in [2.24, 2.45) is 0 Å². The Bertz CT molecular complexity index is 423. The topological polar surface area (TPSA) is 102 Å². The number of nitrogens with zero attached hydrogens (tertiary/aromatic N) is 4. The Balaban J connectivity index is 1.69. The normalized spacial score (nSPS) is 16.3. The molecule has 0 radical (unpaired) electrons. The van der Waals surface area contributed by atoms with Gasteiger partial charge in [0.15, 0.2) is 0 Å². The average Bonchev–Trinajstić information content (AvgIpc) is 3.13. The molecule has 1 amide bonds. The number of aromatic nitrogens is 4. The van der Waals surface area contributed by atoms with E-state index in [2.05, 4.69) is 20.8 Å². The number of hydrogen-bond acceptors (Lipinski definition) is 7. The van der Waals surface area contributed by atoms with E-state index in [-0.39, 0.29) is 24.8 Å². The summed E-state index contributed by atoms with van der Waals surface area (Å²) in [6, 6.07) is 0.393. The number of tetrazole rings is 1. The zero-order valence-corrected chi connectivity index (χ0v) is 11.5. The maximum Gasteiger partial charge on any atom is 0.230 e. The molecule has 1 aliphatic carbocycles. The molecule has 1 heterocycles. The summed E-state index contributed by atoms with van der Waals surface area (Å²) < 4.78 is 6.53. The smallest absolute Gasteiger partial charge is 0.230 e. The molecular formula is C10H17N5O3S. The molecule has 2 rings (SSSR count). The highest BCUT2D eigenvalue weighted by Gasteiger charge is 2.28. The van der Waals surface area contributed by atoms with E-state index in [4.69, 9.17) is 4.74 Å². The molecule has 1 atom stereocenters. The molecule has 19 heavy (non-hydrogen) atoms. The number of amides is 1. The lowest BCUT2D eigenvalue weighted by molar-refractivity contribution is -0.119. The first-order valence-electron chi connectivity index (χ1n) is 6.05. The van der Waals surface area contributed by atoms with E-state index >= 15 is 0 Å². The van der Waals surface area contributed by atoms with Crippen molar-refractivity contribution in [1.29, 1.82) is 0 Å². The summed E-state index contributed by atoms with van der Waals surface area (Å²) in [5, 5.41) is 24.1. The Kier molecular flexibility index (Phi) is 5.11. The number of aliphatic hydroxyl groups is 1. The zero-order chi connectivity index (χ0) is 13.7. The first-order chi connectivity index (χ1) is 9.20. The summed E-state index contributed by atoms with van der Waals surface area (Å²) in [4.78, 5) is 11.6. The number of carbonyl (C=O) groups is 1. The van der Waals surface area contributed by atoms with Crippen LogP contribution in [0.25, 0.3) is 0 Å². The summed E-state index contributed by atoms with van der Waals surface area (Å²) in [5.74, 6) is 0.0674. The van der Waals surface area contributed by atoms with Crippen LogP contribution in [0.4, 0.5) is 0 Å². The van der Waals surface area contributed by atoms with Crippen LogP contribution in [-0.2, 0) is 9.53 Å². The van der Waals surface area contributed by atoms with Crippen LogP contribution in [-0.4, -0.2) is 63.3 Å². The minimum atomic E-state index is -0.685. The van der Waals surface area contributed by atoms with Gasteiger partial charge >= 0.3 is 0 Å². The number of rotatable bonds is 8. The number of methoxy groups -OCH3 is 1. The van der Waals surface area contributed by atoms with Gasteiger partial charge in [-0.05, 0) is 23.3 Å². The van der Waals surface area contributed by atoms with Crippen LogP contribution in [0.5, 0.6) is 0 Å². The van der Waals surface area contributed by atoms with Crippen molar-refractivity contribution in [3.63, 3.8) is 0 Å². The quantitative estimate of drug-likeness (QED) is 0.605. The minimum absolute atomic E-state index is 0.162. The molecule has 1 saturated carbocycles. The highest BCUT2D eigenvalue weighted by Crippen LogP contribution is 2.36. The molecular weight excluding hydrogens is 270 g/mol. The Morgan fingerprint density at radius 1 is 1.68 bits per heavy atom. The number of nitrogens with one attached hydrogen (secondary N) is 1. The number of carbonyl (C=O) groups excluding carboxylic acids is 1. The van der Waals surface area contributed by atoms with Crippen molar-refractivity contribution in [3.05, 3.63) is 0 Å². The van der Waals surface area contributed by atoms with Crippen LogP contribution >= 0.6 is 11.8 Å². The van der Waals surface area contributed by atoms with E-state index in [1.165, 1.54) is 18.9 Å². The van der Waals surface area contributed by atoms with E-state index < -0.39 is 6.10 Å². The fraction of sp³-hybridized carbons (Fsp3) is 0.800. The monoisotopic (exact) mass is 287 g/mol. The van der Waals surface area contributed by atoms with Crippen molar-refractivity contribution >= 4 is 17.7 Å². The fourth-order valence-electron chi connectivity index (χ4n) is 1.49. The highest BCUT2D eigenvalue weighted by molar-refractivity contribution is 7.99. The third kappa shape index (κ3) is 4.44. The van der Waals surface area contributed by atoms with E-state index in [0.717, 1.165) is 12.8 Å². The van der Waals surface area contributed by atoms with E-state index in [9.17, 15) is 9.90 Å². The van der Waals surface area contributed by atoms with Gasteiger partial charge in [0.25, 0.3) is 0 Å². The van der Waals surface area contributed by atoms with Crippen LogP contribution in [0.15, 0.2) is 5.16 Å².